The van der Waals surface area contributed by atoms with E-state index in [1.165, 1.54) is 31.9 Å². The average molecular weight is 556 g/mol. The van der Waals surface area contributed by atoms with Crippen LogP contribution in [-0.2, 0) is 11.9 Å². The van der Waals surface area contributed by atoms with Gasteiger partial charge in [0, 0.05) is 16.2 Å². The van der Waals surface area contributed by atoms with E-state index in [1.807, 2.05) is 11.8 Å². The summed E-state index contributed by atoms with van der Waals surface area (Å²) in [6, 6.07) is 53.2. The molecule has 0 saturated heterocycles. The van der Waals surface area contributed by atoms with Crippen molar-refractivity contribution >= 4 is 34.9 Å². The Labute approximate surface area is 224 Å². The molecule has 5 aromatic rings. The summed E-state index contributed by atoms with van der Waals surface area (Å²) in [6.45, 7) is 0. The van der Waals surface area contributed by atoms with E-state index in [4.69, 9.17) is 0 Å². The molecule has 0 radical (unpaired) electrons. The standard InChI is InChI=1S/C32H28PS.BrH/c1-5-15-27(16-6-1)26-34-32-24-14-13-17-28(32)25-33(29-18-7-2-8-19-29,30-20-9-3-10-21-30)31-22-11-4-12-23-31;/h1-24H,25-26H2;1H/q+1;/p-1. The van der Waals surface area contributed by atoms with Gasteiger partial charge in [0.15, 0.2) is 0 Å². The van der Waals surface area contributed by atoms with Crippen LogP contribution in [0.1, 0.15) is 11.1 Å². The maximum Gasteiger partial charge on any atom is 0.116 e. The van der Waals surface area contributed by atoms with E-state index in [2.05, 4.69) is 146 Å². The molecule has 0 spiro atoms. The summed E-state index contributed by atoms with van der Waals surface area (Å²) < 4.78 is 0. The average Bonchev–Trinajstić information content (AvgIpc) is 2.93. The summed E-state index contributed by atoms with van der Waals surface area (Å²) in [5.74, 6) is 0.977. The zero-order valence-corrected chi connectivity index (χ0v) is 22.8. The lowest BCUT2D eigenvalue weighted by Crippen LogP contribution is -3.00. The van der Waals surface area contributed by atoms with E-state index in [1.54, 1.807) is 0 Å². The second-order valence-electron chi connectivity index (χ2n) is 8.36. The van der Waals surface area contributed by atoms with Gasteiger partial charge in [-0.1, -0.05) is 103 Å². The molecule has 3 heteroatoms. The molecule has 0 fully saturated rings. The molecule has 0 aliphatic heterocycles. The minimum atomic E-state index is -1.91. The van der Waals surface area contributed by atoms with Gasteiger partial charge in [0.05, 0.1) is 6.16 Å². The van der Waals surface area contributed by atoms with Gasteiger partial charge in [-0.2, -0.15) is 0 Å². The Kier molecular flexibility index (Phi) is 8.99. The number of halogens is 1. The summed E-state index contributed by atoms with van der Waals surface area (Å²) in [7, 11) is -1.91. The fourth-order valence-corrected chi connectivity index (χ4v) is 9.93. The first kappa shape index (κ1) is 25.5. The zero-order valence-electron chi connectivity index (χ0n) is 19.5. The quantitative estimate of drug-likeness (QED) is 0.201. The van der Waals surface area contributed by atoms with Crippen LogP contribution in [0.5, 0.6) is 0 Å². The predicted molar refractivity (Wildman–Crippen MR) is 151 cm³/mol. The predicted octanol–water partition coefficient (Wildman–Crippen LogP) is 4.48. The molecular formula is C32H28BrPS. The molecule has 0 saturated carbocycles. The fraction of sp³-hybridized carbons (Fsp3) is 0.0625. The van der Waals surface area contributed by atoms with E-state index < -0.39 is 7.26 Å². The molecule has 0 heterocycles. The number of benzene rings is 5. The maximum absolute atomic E-state index is 2.33. The van der Waals surface area contributed by atoms with Crippen molar-refractivity contribution in [3.63, 3.8) is 0 Å². The molecular weight excluding hydrogens is 527 g/mol. The summed E-state index contributed by atoms with van der Waals surface area (Å²) >= 11 is 1.94. The first-order chi connectivity index (χ1) is 16.9. The topological polar surface area (TPSA) is 0 Å². The van der Waals surface area contributed by atoms with E-state index in [-0.39, 0.29) is 17.0 Å². The number of rotatable bonds is 8. The van der Waals surface area contributed by atoms with Crippen LogP contribution in [0.15, 0.2) is 150 Å². The number of thioether (sulfide) groups is 1. The third-order valence-electron chi connectivity index (χ3n) is 6.21. The first-order valence-corrected chi connectivity index (χ1v) is 14.6. The molecule has 0 bridgehead atoms. The normalized spacial score (nSPS) is 11.0. The Bertz CT molecular complexity index is 1210. The van der Waals surface area contributed by atoms with Crippen molar-refractivity contribution < 1.29 is 17.0 Å². The largest absolute Gasteiger partial charge is 1.00 e. The Morgan fingerprint density at radius 1 is 0.457 bits per heavy atom. The maximum atomic E-state index is 2.33. The molecule has 0 aromatic heterocycles. The van der Waals surface area contributed by atoms with E-state index in [0.717, 1.165) is 11.9 Å². The van der Waals surface area contributed by atoms with Crippen LogP contribution in [0, 0.1) is 0 Å². The molecule has 0 N–H and O–H groups in total. The van der Waals surface area contributed by atoms with Crippen LogP contribution in [0.3, 0.4) is 0 Å². The van der Waals surface area contributed by atoms with Gasteiger partial charge in [-0.3, -0.25) is 0 Å². The van der Waals surface area contributed by atoms with Crippen LogP contribution < -0.4 is 32.9 Å². The molecule has 174 valence electrons. The van der Waals surface area contributed by atoms with Gasteiger partial charge in [-0.15, -0.1) is 11.8 Å². The minimum Gasteiger partial charge on any atom is -1.00 e. The first-order valence-electron chi connectivity index (χ1n) is 11.7. The van der Waals surface area contributed by atoms with Crippen LogP contribution >= 0.6 is 19.0 Å². The highest BCUT2D eigenvalue weighted by molar-refractivity contribution is 7.98. The highest BCUT2D eigenvalue weighted by Gasteiger charge is 2.45. The molecule has 0 atom stereocenters. The van der Waals surface area contributed by atoms with Crippen molar-refractivity contribution in [3.8, 4) is 0 Å². The lowest BCUT2D eigenvalue weighted by Gasteiger charge is -2.28. The molecule has 5 rings (SSSR count). The lowest BCUT2D eigenvalue weighted by atomic mass is 10.2. The molecule has 0 nitrogen and oxygen atoms in total. The molecule has 35 heavy (non-hydrogen) atoms. The van der Waals surface area contributed by atoms with E-state index in [0.29, 0.717) is 0 Å². The monoisotopic (exact) mass is 554 g/mol. The van der Waals surface area contributed by atoms with Crippen molar-refractivity contribution in [2.75, 3.05) is 0 Å². The molecule has 0 aliphatic rings. The van der Waals surface area contributed by atoms with Gasteiger partial charge in [0.1, 0.15) is 23.2 Å². The minimum absolute atomic E-state index is 0. The van der Waals surface area contributed by atoms with Gasteiger partial charge in [0.2, 0.25) is 0 Å². The summed E-state index contributed by atoms with van der Waals surface area (Å²) in [5.41, 5.74) is 2.78. The molecule has 0 amide bonds. The Morgan fingerprint density at radius 3 is 1.34 bits per heavy atom. The summed E-state index contributed by atoms with van der Waals surface area (Å²) in [6.07, 6.45) is 1.00. The SMILES string of the molecule is [Br-].c1ccc(CSc2ccccc2C[P+](c2ccccc2)(c2ccccc2)c2ccccc2)cc1. The van der Waals surface area contributed by atoms with Gasteiger partial charge in [0.25, 0.3) is 0 Å². The van der Waals surface area contributed by atoms with Crippen molar-refractivity contribution in [1.82, 2.24) is 0 Å². The number of hydrogen-bond donors (Lipinski definition) is 0. The van der Waals surface area contributed by atoms with Crippen molar-refractivity contribution in [2.24, 2.45) is 0 Å². The smallest absolute Gasteiger partial charge is 0.116 e. The molecule has 0 unspecified atom stereocenters. The van der Waals surface area contributed by atoms with Crippen LogP contribution in [0.4, 0.5) is 0 Å². The number of hydrogen-bond acceptors (Lipinski definition) is 1. The van der Waals surface area contributed by atoms with Gasteiger partial charge >= 0.3 is 0 Å². The summed E-state index contributed by atoms with van der Waals surface area (Å²) in [4.78, 5) is 1.37. The lowest BCUT2D eigenvalue weighted by molar-refractivity contribution is -0.00000657. The zero-order chi connectivity index (χ0) is 23.1. The summed E-state index contributed by atoms with van der Waals surface area (Å²) in [5, 5.41) is 4.28. The highest BCUT2D eigenvalue weighted by Crippen LogP contribution is 2.58. The van der Waals surface area contributed by atoms with Gasteiger partial charge < -0.3 is 17.0 Å². The van der Waals surface area contributed by atoms with Gasteiger partial charge in [-0.05, 0) is 48.0 Å². The highest BCUT2D eigenvalue weighted by atomic mass is 79.9. The Balaban J connectivity index is 0.00000289. The van der Waals surface area contributed by atoms with Crippen LogP contribution in [0.25, 0.3) is 0 Å². The third-order valence-corrected chi connectivity index (χ3v) is 11.7. The van der Waals surface area contributed by atoms with Gasteiger partial charge in [-0.25, -0.2) is 0 Å². The van der Waals surface area contributed by atoms with Crippen LogP contribution in [-0.4, -0.2) is 0 Å². The van der Waals surface area contributed by atoms with E-state index >= 15 is 0 Å². The Morgan fingerprint density at radius 2 is 0.857 bits per heavy atom. The Hall–Kier alpha value is -2.64. The van der Waals surface area contributed by atoms with E-state index in [9.17, 15) is 0 Å². The molecule has 0 aliphatic carbocycles. The molecule has 5 aromatic carbocycles. The van der Waals surface area contributed by atoms with Crippen molar-refractivity contribution in [3.05, 3.63) is 157 Å². The third kappa shape index (κ3) is 5.78. The van der Waals surface area contributed by atoms with Crippen LogP contribution in [0.2, 0.25) is 0 Å². The second-order valence-corrected chi connectivity index (χ2v) is 12.9. The van der Waals surface area contributed by atoms with Crippen molar-refractivity contribution in [1.29, 1.82) is 0 Å². The fourth-order valence-electron chi connectivity index (χ4n) is 4.53. The second kappa shape index (κ2) is 12.4. The van der Waals surface area contributed by atoms with Crippen molar-refractivity contribution in [2.45, 2.75) is 16.8 Å².